The molecule has 5 rings (SSSR count). The third kappa shape index (κ3) is 4.07. The lowest BCUT2D eigenvalue weighted by atomic mass is 10.0. The zero-order valence-corrected chi connectivity index (χ0v) is 17.2. The third-order valence-corrected chi connectivity index (χ3v) is 5.50. The van der Waals surface area contributed by atoms with Gasteiger partial charge in [-0.05, 0) is 54.8 Å². The van der Waals surface area contributed by atoms with E-state index in [-0.39, 0.29) is 11.9 Å². The van der Waals surface area contributed by atoms with Gasteiger partial charge in [-0.1, -0.05) is 18.2 Å². The number of nitrogens with one attached hydrogen (secondary N) is 2. The van der Waals surface area contributed by atoms with Crippen LogP contribution in [0.25, 0.3) is 28.9 Å². The van der Waals surface area contributed by atoms with E-state index in [0.29, 0.717) is 23.1 Å². The van der Waals surface area contributed by atoms with Crippen molar-refractivity contribution < 1.29 is 8.81 Å². The summed E-state index contributed by atoms with van der Waals surface area (Å²) in [6.07, 6.45) is 10.1. The summed E-state index contributed by atoms with van der Waals surface area (Å²) >= 11 is 0. The van der Waals surface area contributed by atoms with Crippen molar-refractivity contribution in [3.8, 4) is 22.8 Å². The van der Waals surface area contributed by atoms with Gasteiger partial charge in [-0.2, -0.15) is 0 Å². The molecule has 0 amide bonds. The molecule has 0 radical (unpaired) electrons. The maximum atomic E-state index is 13.7. The van der Waals surface area contributed by atoms with Crippen LogP contribution in [0.4, 0.5) is 4.39 Å². The molecule has 1 atom stereocenters. The molecule has 160 valence electrons. The molecule has 8 heteroatoms. The van der Waals surface area contributed by atoms with Crippen LogP contribution < -0.4 is 0 Å². The molecule has 4 heterocycles. The van der Waals surface area contributed by atoms with E-state index < -0.39 is 0 Å². The van der Waals surface area contributed by atoms with Crippen LogP contribution in [0.15, 0.2) is 71.7 Å². The second-order valence-corrected chi connectivity index (χ2v) is 7.58. The molecule has 32 heavy (non-hydrogen) atoms. The quantitative estimate of drug-likeness (QED) is 0.341. The van der Waals surface area contributed by atoms with Gasteiger partial charge in [0.15, 0.2) is 12.2 Å². The molecular formula is C24H21FN6O. The average Bonchev–Trinajstić information content (AvgIpc) is 3.59. The van der Waals surface area contributed by atoms with Crippen molar-refractivity contribution in [1.29, 1.82) is 5.41 Å². The summed E-state index contributed by atoms with van der Waals surface area (Å²) in [6, 6.07) is 12.3. The lowest BCUT2D eigenvalue weighted by molar-refractivity contribution is 0.399. The number of H-pyrrole nitrogens is 1. The number of hydrogen-bond donors (Lipinski definition) is 2. The number of halogens is 1. The van der Waals surface area contributed by atoms with Gasteiger partial charge in [0.1, 0.15) is 23.2 Å². The number of aromatic nitrogens is 4. The fourth-order valence-corrected chi connectivity index (χ4v) is 3.98. The van der Waals surface area contributed by atoms with Crippen LogP contribution in [-0.2, 0) is 0 Å². The lowest BCUT2D eigenvalue weighted by Gasteiger charge is -2.26. The van der Waals surface area contributed by atoms with E-state index >= 15 is 0 Å². The molecule has 1 unspecified atom stereocenters. The number of nitrogens with zero attached hydrogens (tertiary/aromatic N) is 4. The van der Waals surface area contributed by atoms with Crippen LogP contribution in [0.1, 0.15) is 30.3 Å². The maximum absolute atomic E-state index is 13.7. The fourth-order valence-electron chi connectivity index (χ4n) is 3.98. The number of imidazole rings is 1. The summed E-state index contributed by atoms with van der Waals surface area (Å²) in [7, 11) is 0. The number of amidine groups is 1. The van der Waals surface area contributed by atoms with Crippen molar-refractivity contribution >= 4 is 11.9 Å². The minimum Gasteiger partial charge on any atom is -0.442 e. The number of aromatic amines is 1. The molecule has 1 saturated heterocycles. The Bertz CT molecular complexity index is 1260. The van der Waals surface area contributed by atoms with Crippen LogP contribution in [0.3, 0.4) is 0 Å². The summed E-state index contributed by atoms with van der Waals surface area (Å²) in [5.41, 5.74) is 3.08. The van der Waals surface area contributed by atoms with Gasteiger partial charge in [-0.25, -0.2) is 19.3 Å². The second kappa shape index (κ2) is 8.58. The first-order valence-corrected chi connectivity index (χ1v) is 10.4. The normalized spacial score (nSPS) is 16.2. The van der Waals surface area contributed by atoms with Gasteiger partial charge in [-0.3, -0.25) is 5.41 Å². The van der Waals surface area contributed by atoms with Gasteiger partial charge in [0, 0.05) is 6.54 Å². The van der Waals surface area contributed by atoms with Crippen molar-refractivity contribution in [2.24, 2.45) is 0 Å². The predicted octanol–water partition coefficient (Wildman–Crippen LogP) is 5.09. The predicted molar refractivity (Wildman–Crippen MR) is 119 cm³/mol. The van der Waals surface area contributed by atoms with Crippen molar-refractivity contribution in [2.45, 2.75) is 18.9 Å². The summed E-state index contributed by atoms with van der Waals surface area (Å²) in [4.78, 5) is 18.1. The highest BCUT2D eigenvalue weighted by molar-refractivity contribution is 5.94. The van der Waals surface area contributed by atoms with E-state index in [9.17, 15) is 4.39 Å². The summed E-state index contributed by atoms with van der Waals surface area (Å²) in [5, 5.41) is 8.52. The Kier molecular flexibility index (Phi) is 5.33. The number of benzene rings is 1. The first-order chi connectivity index (χ1) is 15.7. The topological polar surface area (TPSA) is 94.7 Å². The molecule has 0 bridgehead atoms. The largest absolute Gasteiger partial charge is 0.442 e. The van der Waals surface area contributed by atoms with E-state index in [1.807, 2.05) is 29.2 Å². The van der Waals surface area contributed by atoms with Gasteiger partial charge in [0.25, 0.3) is 0 Å². The number of hydrogen-bond acceptors (Lipinski definition) is 5. The van der Waals surface area contributed by atoms with Crippen LogP contribution in [0, 0.1) is 11.2 Å². The minimum absolute atomic E-state index is 0.0121. The average molecular weight is 428 g/mol. The maximum Gasteiger partial charge on any atom is 0.181 e. The molecule has 0 spiro atoms. The monoisotopic (exact) mass is 428 g/mol. The molecule has 4 aromatic rings. The van der Waals surface area contributed by atoms with E-state index in [0.717, 1.165) is 36.3 Å². The molecule has 7 nitrogen and oxygen atoms in total. The minimum atomic E-state index is -0.250. The Hall–Kier alpha value is -4.07. The van der Waals surface area contributed by atoms with Crippen molar-refractivity contribution in [3.05, 3.63) is 84.5 Å². The molecular weight excluding hydrogens is 407 g/mol. The molecule has 0 aliphatic carbocycles. The van der Waals surface area contributed by atoms with E-state index in [4.69, 9.17) is 9.83 Å². The molecule has 2 N–H and O–H groups in total. The first-order valence-electron chi connectivity index (χ1n) is 10.4. The van der Waals surface area contributed by atoms with Crippen LogP contribution in [0.2, 0.25) is 0 Å². The van der Waals surface area contributed by atoms with Gasteiger partial charge >= 0.3 is 0 Å². The van der Waals surface area contributed by atoms with Gasteiger partial charge in [-0.15, -0.1) is 0 Å². The first kappa shape index (κ1) is 19.9. The van der Waals surface area contributed by atoms with E-state index in [1.165, 1.54) is 12.5 Å². The number of oxazole rings is 1. The van der Waals surface area contributed by atoms with Crippen LogP contribution in [-0.4, -0.2) is 37.2 Å². The highest BCUT2D eigenvalue weighted by Crippen LogP contribution is 2.32. The standard InChI is InChI=1S/C24H21FN6O/c25-17-5-1-4-16(12-17)21-8-3-11-31(21)23(26)9-10-24-28-13-20(30-24)18-6-2-7-19(29-18)22-14-27-15-32-22/h1-2,4-7,9-10,12-15,21,26H,3,8,11H2,(H,28,30)/b10-9-,26-23?. The smallest absolute Gasteiger partial charge is 0.181 e. The van der Waals surface area contributed by atoms with Gasteiger partial charge < -0.3 is 14.3 Å². The molecule has 3 aromatic heterocycles. The summed E-state index contributed by atoms with van der Waals surface area (Å²) in [5.74, 6) is 1.34. The summed E-state index contributed by atoms with van der Waals surface area (Å²) < 4.78 is 19.0. The van der Waals surface area contributed by atoms with E-state index in [2.05, 4.69) is 19.9 Å². The SMILES string of the molecule is N=C(/C=C\c1ncc(-c2cccc(-c3cnco3)n2)[nH]1)N1CCCC1c1cccc(F)c1. The highest BCUT2D eigenvalue weighted by atomic mass is 19.1. The van der Waals surface area contributed by atoms with Crippen molar-refractivity contribution in [3.63, 3.8) is 0 Å². The Morgan fingerprint density at radius 1 is 1.19 bits per heavy atom. The molecule has 1 aliphatic heterocycles. The van der Waals surface area contributed by atoms with Gasteiger partial charge in [0.2, 0.25) is 0 Å². The lowest BCUT2D eigenvalue weighted by Crippen LogP contribution is -2.28. The second-order valence-electron chi connectivity index (χ2n) is 7.58. The van der Waals surface area contributed by atoms with Crippen molar-refractivity contribution in [1.82, 2.24) is 24.8 Å². The fraction of sp³-hybridized carbons (Fsp3) is 0.167. The zero-order valence-electron chi connectivity index (χ0n) is 17.2. The van der Waals surface area contributed by atoms with E-state index in [1.54, 1.807) is 36.7 Å². The highest BCUT2D eigenvalue weighted by Gasteiger charge is 2.27. The Balaban J connectivity index is 1.31. The zero-order chi connectivity index (χ0) is 21.9. The Labute approximate surface area is 184 Å². The van der Waals surface area contributed by atoms with Crippen molar-refractivity contribution in [2.75, 3.05) is 6.54 Å². The van der Waals surface area contributed by atoms with Gasteiger partial charge in [0.05, 0.1) is 29.8 Å². The number of rotatable bonds is 5. The van der Waals surface area contributed by atoms with Crippen LogP contribution >= 0.6 is 0 Å². The number of likely N-dealkylation sites (tertiary alicyclic amines) is 1. The van der Waals surface area contributed by atoms with Crippen LogP contribution in [0.5, 0.6) is 0 Å². The molecule has 1 aromatic carbocycles. The third-order valence-electron chi connectivity index (χ3n) is 5.50. The Morgan fingerprint density at radius 2 is 2.06 bits per heavy atom. The molecule has 1 fully saturated rings. The molecule has 1 aliphatic rings. The Morgan fingerprint density at radius 3 is 2.91 bits per heavy atom. The number of pyridine rings is 1. The molecule has 0 saturated carbocycles. The summed E-state index contributed by atoms with van der Waals surface area (Å²) in [6.45, 7) is 0.770.